The molecule has 112 valence electrons. The van der Waals surface area contributed by atoms with Crippen molar-refractivity contribution in [2.75, 3.05) is 0 Å². The van der Waals surface area contributed by atoms with Gasteiger partial charge in [0.2, 0.25) is 0 Å². The lowest BCUT2D eigenvalue weighted by molar-refractivity contribution is 0.111. The van der Waals surface area contributed by atoms with E-state index in [-0.39, 0.29) is 17.9 Å². The third-order valence-corrected chi connectivity index (χ3v) is 3.62. The van der Waals surface area contributed by atoms with E-state index >= 15 is 0 Å². The van der Waals surface area contributed by atoms with Crippen LogP contribution in [-0.4, -0.2) is 21.5 Å². The molecule has 0 aliphatic carbocycles. The molecule has 0 aliphatic heterocycles. The van der Waals surface area contributed by atoms with Gasteiger partial charge in [-0.2, -0.15) is 0 Å². The van der Waals surface area contributed by atoms with Gasteiger partial charge in [0, 0.05) is 11.3 Å². The van der Waals surface area contributed by atoms with Gasteiger partial charge in [0.25, 0.3) is 0 Å². The van der Waals surface area contributed by atoms with Crippen LogP contribution in [0.25, 0.3) is 0 Å². The van der Waals surface area contributed by atoms with Crippen LogP contribution >= 0.6 is 0 Å². The average Bonchev–Trinajstić information content (AvgIpc) is 2.45. The predicted molar refractivity (Wildman–Crippen MR) is 79.0 cm³/mol. The zero-order valence-electron chi connectivity index (χ0n) is 12.5. The Kier molecular flexibility index (Phi) is 7.23. The largest absolute Gasteiger partial charge is 0.505 e. The standard InChI is InChI=1S/C16H25NO3/c1-3-4-5-6-7-8-9-15-13(10-18)14(11-19)16(20)12(2)17-15/h11,18,20H,3-10H2,1-2H3. The van der Waals surface area contributed by atoms with Crippen molar-refractivity contribution in [2.24, 2.45) is 0 Å². The number of rotatable bonds is 9. The molecule has 0 bridgehead atoms. The molecule has 0 spiro atoms. The van der Waals surface area contributed by atoms with Crippen LogP contribution in [0.15, 0.2) is 0 Å². The molecule has 0 saturated carbocycles. The van der Waals surface area contributed by atoms with Gasteiger partial charge in [0.05, 0.1) is 17.9 Å². The quantitative estimate of drug-likeness (QED) is 0.537. The maximum atomic E-state index is 11.1. The van der Waals surface area contributed by atoms with Crippen LogP contribution < -0.4 is 0 Å². The molecule has 1 aromatic rings. The lowest BCUT2D eigenvalue weighted by Crippen LogP contribution is -2.06. The van der Waals surface area contributed by atoms with Gasteiger partial charge < -0.3 is 10.2 Å². The molecular formula is C16H25NO3. The normalized spacial score (nSPS) is 10.8. The van der Waals surface area contributed by atoms with E-state index in [9.17, 15) is 15.0 Å². The van der Waals surface area contributed by atoms with E-state index in [4.69, 9.17) is 0 Å². The van der Waals surface area contributed by atoms with Gasteiger partial charge in [0.15, 0.2) is 6.29 Å². The molecule has 20 heavy (non-hydrogen) atoms. The van der Waals surface area contributed by atoms with Gasteiger partial charge in [-0.25, -0.2) is 0 Å². The van der Waals surface area contributed by atoms with Gasteiger partial charge in [-0.3, -0.25) is 9.78 Å². The Morgan fingerprint density at radius 2 is 1.80 bits per heavy atom. The fourth-order valence-corrected chi connectivity index (χ4v) is 2.40. The molecule has 4 heteroatoms. The first-order valence-corrected chi connectivity index (χ1v) is 7.43. The molecular weight excluding hydrogens is 254 g/mol. The monoisotopic (exact) mass is 279 g/mol. The molecule has 2 N–H and O–H groups in total. The number of pyridine rings is 1. The van der Waals surface area contributed by atoms with E-state index in [0.717, 1.165) is 25.0 Å². The summed E-state index contributed by atoms with van der Waals surface area (Å²) in [6.07, 6.45) is 8.42. The first kappa shape index (κ1) is 16.6. The van der Waals surface area contributed by atoms with E-state index in [1.165, 1.54) is 25.7 Å². The lowest BCUT2D eigenvalue weighted by atomic mass is 10.0. The van der Waals surface area contributed by atoms with Gasteiger partial charge >= 0.3 is 0 Å². The van der Waals surface area contributed by atoms with E-state index in [2.05, 4.69) is 11.9 Å². The van der Waals surface area contributed by atoms with Crippen molar-refractivity contribution in [1.29, 1.82) is 0 Å². The number of aromatic nitrogens is 1. The Bertz CT molecular complexity index is 444. The fourth-order valence-electron chi connectivity index (χ4n) is 2.40. The number of unbranched alkanes of at least 4 members (excludes halogenated alkanes) is 5. The summed E-state index contributed by atoms with van der Waals surface area (Å²) in [5.74, 6) is -0.115. The number of carbonyl (C=O) groups excluding carboxylic acids is 1. The number of carbonyl (C=O) groups is 1. The van der Waals surface area contributed by atoms with Crippen LogP contribution in [0.1, 0.15) is 72.8 Å². The van der Waals surface area contributed by atoms with Crippen molar-refractivity contribution in [3.63, 3.8) is 0 Å². The summed E-state index contributed by atoms with van der Waals surface area (Å²) in [6.45, 7) is 3.60. The minimum Gasteiger partial charge on any atom is -0.505 e. The highest BCUT2D eigenvalue weighted by molar-refractivity contribution is 5.82. The van der Waals surface area contributed by atoms with E-state index in [1.807, 2.05) is 0 Å². The first-order chi connectivity index (χ1) is 9.65. The molecule has 0 atom stereocenters. The zero-order chi connectivity index (χ0) is 15.0. The topological polar surface area (TPSA) is 70.4 Å². The minimum atomic E-state index is -0.264. The Morgan fingerprint density at radius 1 is 1.15 bits per heavy atom. The van der Waals surface area contributed by atoms with Crippen molar-refractivity contribution < 1.29 is 15.0 Å². The average molecular weight is 279 g/mol. The molecule has 1 aromatic heterocycles. The summed E-state index contributed by atoms with van der Waals surface area (Å²) in [5, 5.41) is 19.2. The smallest absolute Gasteiger partial charge is 0.154 e. The maximum Gasteiger partial charge on any atom is 0.154 e. The van der Waals surface area contributed by atoms with Gasteiger partial charge in [-0.1, -0.05) is 39.0 Å². The summed E-state index contributed by atoms with van der Waals surface area (Å²) in [4.78, 5) is 15.4. The molecule has 4 nitrogen and oxygen atoms in total. The number of aryl methyl sites for hydroxylation is 2. The molecule has 0 aromatic carbocycles. The van der Waals surface area contributed by atoms with E-state index in [0.29, 0.717) is 17.5 Å². The third-order valence-electron chi connectivity index (χ3n) is 3.62. The number of nitrogens with zero attached hydrogens (tertiary/aromatic N) is 1. The highest BCUT2D eigenvalue weighted by Crippen LogP contribution is 2.26. The molecule has 1 heterocycles. The Balaban J connectivity index is 2.69. The van der Waals surface area contributed by atoms with Crippen molar-refractivity contribution in [2.45, 2.75) is 65.4 Å². The number of hydrogen-bond donors (Lipinski definition) is 2. The van der Waals surface area contributed by atoms with E-state index in [1.54, 1.807) is 6.92 Å². The summed E-state index contributed by atoms with van der Waals surface area (Å²) in [7, 11) is 0. The predicted octanol–water partition coefficient (Wildman–Crippen LogP) is 3.30. The summed E-state index contributed by atoms with van der Waals surface area (Å²) in [5.41, 5.74) is 1.84. The Morgan fingerprint density at radius 3 is 2.40 bits per heavy atom. The first-order valence-electron chi connectivity index (χ1n) is 7.43. The minimum absolute atomic E-state index is 0.115. The molecule has 0 saturated heterocycles. The van der Waals surface area contributed by atoms with Crippen molar-refractivity contribution in [1.82, 2.24) is 4.98 Å². The van der Waals surface area contributed by atoms with Crippen LogP contribution in [0.3, 0.4) is 0 Å². The van der Waals surface area contributed by atoms with Crippen LogP contribution in [0, 0.1) is 6.92 Å². The summed E-state index contributed by atoms with van der Waals surface area (Å²) < 4.78 is 0. The van der Waals surface area contributed by atoms with Crippen molar-refractivity contribution in [3.05, 3.63) is 22.5 Å². The van der Waals surface area contributed by atoms with Crippen LogP contribution in [0.2, 0.25) is 0 Å². The van der Waals surface area contributed by atoms with E-state index < -0.39 is 0 Å². The van der Waals surface area contributed by atoms with Gasteiger partial charge in [-0.15, -0.1) is 0 Å². The molecule has 0 unspecified atom stereocenters. The van der Waals surface area contributed by atoms with Crippen LogP contribution in [0.4, 0.5) is 0 Å². The van der Waals surface area contributed by atoms with Gasteiger partial charge in [0.1, 0.15) is 5.75 Å². The molecule has 0 fully saturated rings. The molecule has 0 radical (unpaired) electrons. The van der Waals surface area contributed by atoms with Crippen LogP contribution in [-0.2, 0) is 13.0 Å². The van der Waals surface area contributed by atoms with Gasteiger partial charge in [-0.05, 0) is 19.8 Å². The molecule has 0 amide bonds. The third kappa shape index (κ3) is 4.30. The second kappa shape index (κ2) is 8.69. The highest BCUT2D eigenvalue weighted by atomic mass is 16.3. The number of hydrogen-bond acceptors (Lipinski definition) is 4. The fraction of sp³-hybridized carbons (Fsp3) is 0.625. The van der Waals surface area contributed by atoms with Crippen LogP contribution in [0.5, 0.6) is 5.75 Å². The molecule has 0 aliphatic rings. The Hall–Kier alpha value is -1.42. The number of aliphatic hydroxyl groups excluding tert-OH is 1. The summed E-state index contributed by atoms with van der Waals surface area (Å²) >= 11 is 0. The number of aromatic hydroxyl groups is 1. The number of aldehydes is 1. The molecule has 1 rings (SSSR count). The lowest BCUT2D eigenvalue weighted by Gasteiger charge is -2.12. The second-order valence-electron chi connectivity index (χ2n) is 5.18. The SMILES string of the molecule is CCCCCCCCc1nc(C)c(O)c(C=O)c1CO. The van der Waals surface area contributed by atoms with Crippen molar-refractivity contribution in [3.8, 4) is 5.75 Å². The zero-order valence-corrected chi connectivity index (χ0v) is 12.5. The highest BCUT2D eigenvalue weighted by Gasteiger charge is 2.15. The Labute approximate surface area is 120 Å². The second-order valence-corrected chi connectivity index (χ2v) is 5.18. The number of aliphatic hydroxyl groups is 1. The summed E-state index contributed by atoms with van der Waals surface area (Å²) in [6, 6.07) is 0. The maximum absolute atomic E-state index is 11.1. The van der Waals surface area contributed by atoms with Crippen molar-refractivity contribution >= 4 is 6.29 Å².